The van der Waals surface area contributed by atoms with Gasteiger partial charge in [-0.05, 0) is 31.2 Å². The van der Waals surface area contributed by atoms with E-state index in [-0.39, 0.29) is 18.3 Å². The molecule has 0 aliphatic carbocycles. The molecule has 9 nitrogen and oxygen atoms in total. The monoisotopic (exact) mass is 404 g/mol. The van der Waals surface area contributed by atoms with Crippen LogP contribution in [-0.4, -0.2) is 55.0 Å². The van der Waals surface area contributed by atoms with Crippen LogP contribution in [0.5, 0.6) is 5.75 Å². The van der Waals surface area contributed by atoms with Gasteiger partial charge >= 0.3 is 0 Å². The van der Waals surface area contributed by atoms with E-state index in [4.69, 9.17) is 10.5 Å². The molecule has 0 aliphatic heterocycles. The van der Waals surface area contributed by atoms with Gasteiger partial charge in [0.25, 0.3) is 0 Å². The summed E-state index contributed by atoms with van der Waals surface area (Å²) in [5.74, 6) is 0.735. The van der Waals surface area contributed by atoms with Gasteiger partial charge in [0.05, 0.1) is 31.3 Å². The normalized spacial score (nSPS) is 12.5. The van der Waals surface area contributed by atoms with Crippen molar-refractivity contribution in [2.75, 3.05) is 35.9 Å². The summed E-state index contributed by atoms with van der Waals surface area (Å²) >= 11 is 0. The highest BCUT2D eigenvalue weighted by Gasteiger charge is 2.27. The number of anilines is 1. The maximum atomic E-state index is 11.7. The quantitative estimate of drug-likeness (QED) is 0.261. The minimum Gasteiger partial charge on any atom is -0.492 e. The molecule has 0 bridgehead atoms. The molecule has 3 N–H and O–H groups in total. The van der Waals surface area contributed by atoms with Crippen molar-refractivity contribution in [2.24, 2.45) is 10.7 Å². The maximum absolute atomic E-state index is 11.7. The van der Waals surface area contributed by atoms with Crippen LogP contribution < -0.4 is 19.5 Å². The first-order valence-corrected chi connectivity index (χ1v) is 11.2. The first-order chi connectivity index (χ1) is 11.9. The lowest BCUT2D eigenvalue weighted by atomic mass is 10.3. The van der Waals surface area contributed by atoms with Crippen LogP contribution in [0, 0.1) is 0 Å². The van der Waals surface area contributed by atoms with Gasteiger partial charge < -0.3 is 15.8 Å². The number of nitrogens with one attached hydrogen (secondary N) is 1. The Kier molecular flexibility index (Phi) is 7.45. The lowest BCUT2D eigenvalue weighted by molar-refractivity contribution is 0.322. The van der Waals surface area contributed by atoms with Gasteiger partial charge in [0.1, 0.15) is 12.4 Å². The standard InChI is InChI=1S/C15H24N4O5S2/c1-12(2)11-18-15(16)17-9-10-24-14-7-5-13(6-8-14)19(25(3,20)21)26(4,22)23/h5-8H,1,9-11H2,2-4H3,(H3,16,17,18). The number of hydrogen-bond acceptors (Lipinski definition) is 6. The number of hydrogen-bond donors (Lipinski definition) is 2. The van der Waals surface area contributed by atoms with Gasteiger partial charge in [0.2, 0.25) is 20.0 Å². The van der Waals surface area contributed by atoms with Crippen molar-refractivity contribution in [3.8, 4) is 5.75 Å². The average molecular weight is 405 g/mol. The summed E-state index contributed by atoms with van der Waals surface area (Å²) in [6.45, 7) is 6.70. The lowest BCUT2D eigenvalue weighted by Crippen LogP contribution is -2.35. The average Bonchev–Trinajstić information content (AvgIpc) is 2.48. The zero-order chi connectivity index (χ0) is 20.0. The van der Waals surface area contributed by atoms with E-state index in [0.29, 0.717) is 22.5 Å². The first kappa shape index (κ1) is 21.8. The minimum absolute atomic E-state index is 0.0108. The summed E-state index contributed by atoms with van der Waals surface area (Å²) in [6, 6.07) is 5.68. The zero-order valence-corrected chi connectivity index (χ0v) is 16.6. The SMILES string of the molecule is C=C(C)CN=C(N)NCCOc1ccc(N(S(C)(=O)=O)S(C)(=O)=O)cc1. The Labute approximate surface area is 154 Å². The van der Waals surface area contributed by atoms with Crippen molar-refractivity contribution in [3.63, 3.8) is 0 Å². The molecular weight excluding hydrogens is 380 g/mol. The van der Waals surface area contributed by atoms with Crippen molar-refractivity contribution >= 4 is 31.7 Å². The molecule has 0 heterocycles. The van der Waals surface area contributed by atoms with Gasteiger partial charge in [0, 0.05) is 0 Å². The van der Waals surface area contributed by atoms with Crippen LogP contribution in [0.1, 0.15) is 6.92 Å². The molecule has 0 radical (unpaired) electrons. The highest BCUT2D eigenvalue weighted by Crippen LogP contribution is 2.23. The van der Waals surface area contributed by atoms with E-state index >= 15 is 0 Å². The number of aliphatic imine (C=N–C) groups is 1. The number of guanidine groups is 1. The van der Waals surface area contributed by atoms with Crippen molar-refractivity contribution in [2.45, 2.75) is 6.92 Å². The van der Waals surface area contributed by atoms with Crippen LogP contribution in [-0.2, 0) is 20.0 Å². The molecule has 0 amide bonds. The Morgan fingerprint density at radius 2 is 1.73 bits per heavy atom. The Morgan fingerprint density at radius 1 is 1.19 bits per heavy atom. The van der Waals surface area contributed by atoms with Crippen LogP contribution >= 0.6 is 0 Å². The third kappa shape index (κ3) is 7.31. The highest BCUT2D eigenvalue weighted by atomic mass is 32.3. The summed E-state index contributed by atoms with van der Waals surface area (Å²) in [7, 11) is -7.94. The van der Waals surface area contributed by atoms with Crippen molar-refractivity contribution in [3.05, 3.63) is 36.4 Å². The van der Waals surface area contributed by atoms with Gasteiger partial charge in [-0.1, -0.05) is 12.2 Å². The third-order valence-corrected chi connectivity index (χ3v) is 6.10. The van der Waals surface area contributed by atoms with E-state index in [1.807, 2.05) is 6.92 Å². The molecule has 1 aromatic carbocycles. The smallest absolute Gasteiger partial charge is 0.245 e. The lowest BCUT2D eigenvalue weighted by Gasteiger charge is -2.19. The molecule has 1 aromatic rings. The third-order valence-electron chi connectivity index (χ3n) is 2.85. The molecule has 0 atom stereocenters. The second kappa shape index (κ2) is 8.90. The van der Waals surface area contributed by atoms with E-state index in [9.17, 15) is 16.8 Å². The highest BCUT2D eigenvalue weighted by molar-refractivity contribution is 8.09. The van der Waals surface area contributed by atoms with Gasteiger partial charge in [-0.2, -0.15) is 3.71 Å². The van der Waals surface area contributed by atoms with Crippen molar-refractivity contribution < 1.29 is 21.6 Å². The topological polar surface area (TPSA) is 131 Å². The summed E-state index contributed by atoms with van der Waals surface area (Å²) in [5, 5.41) is 2.87. The molecule has 0 fully saturated rings. The van der Waals surface area contributed by atoms with E-state index in [2.05, 4.69) is 16.9 Å². The summed E-state index contributed by atoms with van der Waals surface area (Å²) < 4.78 is 52.7. The molecule has 146 valence electrons. The van der Waals surface area contributed by atoms with E-state index in [1.165, 1.54) is 24.3 Å². The van der Waals surface area contributed by atoms with Gasteiger partial charge in [-0.15, -0.1) is 0 Å². The summed E-state index contributed by atoms with van der Waals surface area (Å²) in [5.41, 5.74) is 6.56. The predicted octanol–water partition coefficient (Wildman–Crippen LogP) is 0.271. The number of rotatable bonds is 9. The van der Waals surface area contributed by atoms with Crippen molar-refractivity contribution in [1.29, 1.82) is 0 Å². The predicted molar refractivity (Wildman–Crippen MR) is 103 cm³/mol. The van der Waals surface area contributed by atoms with Crippen molar-refractivity contribution in [1.82, 2.24) is 5.32 Å². The first-order valence-electron chi connectivity index (χ1n) is 7.53. The number of benzene rings is 1. The fourth-order valence-electron chi connectivity index (χ4n) is 1.92. The van der Waals surface area contributed by atoms with Gasteiger partial charge in [-0.25, -0.2) is 21.8 Å². The Bertz CT molecular complexity index is 830. The zero-order valence-electron chi connectivity index (χ0n) is 15.0. The molecule has 0 saturated heterocycles. The molecule has 11 heteroatoms. The number of sulfonamides is 2. The largest absolute Gasteiger partial charge is 0.492 e. The molecule has 1 rings (SSSR count). The molecule has 0 saturated carbocycles. The molecule has 0 aromatic heterocycles. The minimum atomic E-state index is -3.97. The van der Waals surface area contributed by atoms with Crippen LogP contribution in [0.25, 0.3) is 0 Å². The molecule has 0 unspecified atom stereocenters. The second-order valence-electron chi connectivity index (χ2n) is 5.65. The van der Waals surface area contributed by atoms with E-state index in [1.54, 1.807) is 0 Å². The Balaban J connectivity index is 2.66. The van der Waals surface area contributed by atoms with Crippen LogP contribution in [0.4, 0.5) is 5.69 Å². The van der Waals surface area contributed by atoms with Crippen LogP contribution in [0.3, 0.4) is 0 Å². The van der Waals surface area contributed by atoms with E-state index in [0.717, 1.165) is 18.1 Å². The van der Waals surface area contributed by atoms with Crippen LogP contribution in [0.2, 0.25) is 0 Å². The summed E-state index contributed by atoms with van der Waals surface area (Å²) in [4.78, 5) is 4.05. The van der Waals surface area contributed by atoms with Gasteiger partial charge in [0.15, 0.2) is 5.96 Å². The molecule has 0 aliphatic rings. The fraction of sp³-hybridized carbons (Fsp3) is 0.400. The summed E-state index contributed by atoms with van der Waals surface area (Å²) in [6.07, 6.45) is 1.65. The Hall–Kier alpha value is -2.27. The van der Waals surface area contributed by atoms with Crippen LogP contribution in [0.15, 0.2) is 41.4 Å². The fourth-order valence-corrected chi connectivity index (χ4v) is 4.89. The number of ether oxygens (including phenoxy) is 1. The second-order valence-corrected chi connectivity index (χ2v) is 9.54. The molecular formula is C15H24N4O5S2. The molecule has 0 spiro atoms. The maximum Gasteiger partial charge on any atom is 0.245 e. The Morgan fingerprint density at radius 3 is 2.19 bits per heavy atom. The number of nitrogens with zero attached hydrogens (tertiary/aromatic N) is 2. The number of nitrogens with two attached hydrogens (primary N) is 1. The van der Waals surface area contributed by atoms with E-state index < -0.39 is 20.0 Å². The van der Waals surface area contributed by atoms with Gasteiger partial charge in [-0.3, -0.25) is 0 Å². The molecule has 26 heavy (non-hydrogen) atoms.